The minimum absolute atomic E-state index is 0.138. The smallest absolute Gasteiger partial charge is 0.243 e. The number of rotatable bonds is 6. The third kappa shape index (κ3) is 3.28. The van der Waals surface area contributed by atoms with E-state index in [-0.39, 0.29) is 24.9 Å². The van der Waals surface area contributed by atoms with E-state index in [9.17, 15) is 9.18 Å². The second-order valence-electron chi connectivity index (χ2n) is 4.09. The van der Waals surface area contributed by atoms with Crippen molar-refractivity contribution in [3.8, 4) is 0 Å². The highest BCUT2D eigenvalue weighted by Crippen LogP contribution is 2.24. The molecule has 5 nitrogen and oxygen atoms in total. The topological polar surface area (TPSA) is 70.1 Å². The molecule has 1 heterocycles. The second-order valence-corrected chi connectivity index (χ2v) is 5.21. The fourth-order valence-electron chi connectivity index (χ4n) is 1.85. The van der Waals surface area contributed by atoms with Gasteiger partial charge in [0.15, 0.2) is 0 Å². The highest BCUT2D eigenvalue weighted by molar-refractivity contribution is 9.10. The molecular weight excluding hydrogens is 353 g/mol. The van der Waals surface area contributed by atoms with Crippen LogP contribution < -0.4 is 5.73 Å². The highest BCUT2D eigenvalue weighted by atomic mass is 79.9. The van der Waals surface area contributed by atoms with Crippen LogP contribution in [0.15, 0.2) is 16.6 Å². The molecule has 0 radical (unpaired) electrons. The van der Waals surface area contributed by atoms with Crippen molar-refractivity contribution in [1.29, 1.82) is 0 Å². The van der Waals surface area contributed by atoms with Gasteiger partial charge in [0.25, 0.3) is 0 Å². The van der Waals surface area contributed by atoms with Crippen LogP contribution in [0.4, 0.5) is 4.39 Å². The van der Waals surface area contributed by atoms with E-state index in [2.05, 4.69) is 20.9 Å². The average Bonchev–Trinajstić information content (AvgIpc) is 2.72. The molecule has 20 heavy (non-hydrogen) atoms. The number of amides is 1. The number of nitrogens with two attached hydrogens (primary N) is 1. The molecule has 0 unspecified atom stereocenters. The molecule has 0 aliphatic carbocycles. The van der Waals surface area contributed by atoms with Gasteiger partial charge in [0, 0.05) is 12.6 Å². The Bertz CT molecular complexity index is 647. The zero-order valence-corrected chi connectivity index (χ0v) is 12.7. The number of carbonyl (C=O) groups is 1. The van der Waals surface area contributed by atoms with Crippen LogP contribution in [0, 0.1) is 5.82 Å². The molecule has 0 aliphatic heterocycles. The second kappa shape index (κ2) is 6.51. The van der Waals surface area contributed by atoms with Crippen LogP contribution in [0.3, 0.4) is 0 Å². The van der Waals surface area contributed by atoms with Gasteiger partial charge in [-0.15, -0.1) is 11.6 Å². The molecule has 1 amide bonds. The Kier molecular flexibility index (Phi) is 4.95. The van der Waals surface area contributed by atoms with Gasteiger partial charge in [-0.05, 0) is 22.0 Å². The van der Waals surface area contributed by atoms with Gasteiger partial charge in [0.2, 0.25) is 5.91 Å². The van der Waals surface area contributed by atoms with Gasteiger partial charge in [-0.25, -0.2) is 9.37 Å². The molecule has 2 rings (SSSR count). The van der Waals surface area contributed by atoms with Crippen molar-refractivity contribution in [2.45, 2.75) is 12.4 Å². The van der Waals surface area contributed by atoms with Crippen molar-refractivity contribution in [3.63, 3.8) is 0 Å². The van der Waals surface area contributed by atoms with Gasteiger partial charge in [-0.3, -0.25) is 4.79 Å². The summed E-state index contributed by atoms with van der Waals surface area (Å²) in [7, 11) is 0. The van der Waals surface area contributed by atoms with E-state index in [1.54, 1.807) is 6.07 Å². The number of hydrogen-bond donors (Lipinski definition) is 1. The minimum atomic E-state index is -0.525. The number of primary amides is 1. The number of benzene rings is 1. The molecule has 0 fully saturated rings. The fraction of sp³-hybridized carbons (Fsp3) is 0.333. The zero-order chi connectivity index (χ0) is 14.7. The number of nitrogens with zero attached hydrogens (tertiary/aromatic N) is 2. The molecule has 108 valence electrons. The van der Waals surface area contributed by atoms with Crippen LogP contribution in [-0.2, 0) is 22.0 Å². The summed E-state index contributed by atoms with van der Waals surface area (Å²) in [4.78, 5) is 14.9. The van der Waals surface area contributed by atoms with Crippen molar-refractivity contribution in [3.05, 3.63) is 28.2 Å². The molecule has 0 spiro atoms. The van der Waals surface area contributed by atoms with Gasteiger partial charge in [-0.2, -0.15) is 0 Å². The third-order valence-corrected chi connectivity index (χ3v) is 3.54. The summed E-state index contributed by atoms with van der Waals surface area (Å²) < 4.78 is 20.8. The SMILES string of the molecule is NC(=O)COCCn1c(CCl)nc2cc(F)c(Br)cc21. The monoisotopic (exact) mass is 363 g/mol. The first-order valence-corrected chi connectivity index (χ1v) is 7.12. The Morgan fingerprint density at radius 2 is 2.30 bits per heavy atom. The summed E-state index contributed by atoms with van der Waals surface area (Å²) in [6, 6.07) is 2.98. The van der Waals surface area contributed by atoms with Crippen LogP contribution in [0.25, 0.3) is 11.0 Å². The van der Waals surface area contributed by atoms with Crippen LogP contribution in [0.2, 0.25) is 0 Å². The van der Waals surface area contributed by atoms with Crippen molar-refractivity contribution in [1.82, 2.24) is 9.55 Å². The Hall–Kier alpha value is -1.18. The number of ether oxygens (including phenoxy) is 1. The third-order valence-electron chi connectivity index (χ3n) is 2.69. The molecule has 0 aliphatic rings. The summed E-state index contributed by atoms with van der Waals surface area (Å²) >= 11 is 8.98. The molecule has 0 atom stereocenters. The van der Waals surface area contributed by atoms with Crippen LogP contribution in [-0.4, -0.2) is 28.7 Å². The van der Waals surface area contributed by atoms with Crippen molar-refractivity contribution in [2.24, 2.45) is 5.73 Å². The molecule has 1 aromatic heterocycles. The maximum absolute atomic E-state index is 13.5. The lowest BCUT2D eigenvalue weighted by molar-refractivity contribution is -0.122. The first kappa shape index (κ1) is 15.2. The molecule has 2 N–H and O–H groups in total. The van der Waals surface area contributed by atoms with Crippen LogP contribution in [0.5, 0.6) is 0 Å². The molecule has 0 saturated carbocycles. The summed E-state index contributed by atoms with van der Waals surface area (Å²) in [5.74, 6) is -0.0954. The largest absolute Gasteiger partial charge is 0.370 e. The van der Waals surface area contributed by atoms with E-state index in [0.717, 1.165) is 5.52 Å². The van der Waals surface area contributed by atoms with E-state index in [4.69, 9.17) is 22.1 Å². The van der Waals surface area contributed by atoms with E-state index in [1.807, 2.05) is 4.57 Å². The number of aromatic nitrogens is 2. The highest BCUT2D eigenvalue weighted by Gasteiger charge is 2.12. The average molecular weight is 365 g/mol. The maximum Gasteiger partial charge on any atom is 0.243 e. The van der Waals surface area contributed by atoms with E-state index < -0.39 is 5.91 Å². The van der Waals surface area contributed by atoms with E-state index >= 15 is 0 Å². The van der Waals surface area contributed by atoms with Crippen molar-refractivity contribution in [2.75, 3.05) is 13.2 Å². The van der Waals surface area contributed by atoms with Crippen molar-refractivity contribution < 1.29 is 13.9 Å². The lowest BCUT2D eigenvalue weighted by Crippen LogP contribution is -2.20. The Labute approximate surface area is 128 Å². The summed E-state index contributed by atoms with van der Waals surface area (Å²) in [6.07, 6.45) is 0. The summed E-state index contributed by atoms with van der Waals surface area (Å²) in [5.41, 5.74) is 6.25. The van der Waals surface area contributed by atoms with E-state index in [0.29, 0.717) is 22.4 Å². The summed E-state index contributed by atoms with van der Waals surface area (Å²) in [5, 5.41) is 0. The molecule has 0 bridgehead atoms. The van der Waals surface area contributed by atoms with E-state index in [1.165, 1.54) is 6.07 Å². The zero-order valence-electron chi connectivity index (χ0n) is 10.4. The number of carbonyl (C=O) groups excluding carboxylic acids is 1. The van der Waals surface area contributed by atoms with Gasteiger partial charge in [-0.1, -0.05) is 0 Å². The van der Waals surface area contributed by atoms with Gasteiger partial charge in [0.1, 0.15) is 18.2 Å². The molecule has 2 aromatic rings. The standard InChI is InChI=1S/C12H12BrClFN3O2/c13-7-3-10-9(4-8(7)15)17-12(5-14)18(10)1-2-20-6-11(16)19/h3-4H,1-2,5-6H2,(H2,16,19). The van der Waals surface area contributed by atoms with Crippen LogP contribution in [0.1, 0.15) is 5.82 Å². The van der Waals surface area contributed by atoms with Crippen LogP contribution >= 0.6 is 27.5 Å². The lowest BCUT2D eigenvalue weighted by atomic mass is 10.3. The number of hydrogen-bond acceptors (Lipinski definition) is 3. The molecular formula is C12H12BrClFN3O2. The Balaban J connectivity index is 2.25. The van der Waals surface area contributed by atoms with Gasteiger partial charge >= 0.3 is 0 Å². The van der Waals surface area contributed by atoms with Crippen molar-refractivity contribution >= 4 is 44.5 Å². The number of halogens is 3. The predicted molar refractivity (Wildman–Crippen MR) is 77.0 cm³/mol. The normalized spacial score (nSPS) is 11.2. The number of imidazole rings is 1. The Morgan fingerprint density at radius 3 is 2.95 bits per heavy atom. The van der Waals surface area contributed by atoms with Gasteiger partial charge < -0.3 is 15.0 Å². The fourth-order valence-corrected chi connectivity index (χ4v) is 2.39. The predicted octanol–water partition coefficient (Wildman–Crippen LogP) is 2.18. The number of alkyl halides is 1. The molecule has 0 saturated heterocycles. The number of fused-ring (bicyclic) bond motifs is 1. The minimum Gasteiger partial charge on any atom is -0.370 e. The lowest BCUT2D eigenvalue weighted by Gasteiger charge is -2.08. The quantitative estimate of drug-likeness (QED) is 0.631. The summed E-state index contributed by atoms with van der Waals surface area (Å²) in [6.45, 7) is 0.596. The first-order chi connectivity index (χ1) is 9.52. The van der Waals surface area contributed by atoms with Gasteiger partial charge in [0.05, 0.1) is 28.0 Å². The maximum atomic E-state index is 13.5. The Morgan fingerprint density at radius 1 is 1.55 bits per heavy atom. The first-order valence-electron chi connectivity index (χ1n) is 5.79. The molecule has 1 aromatic carbocycles. The molecule has 8 heteroatoms.